The second-order valence-corrected chi connectivity index (χ2v) is 4.73. The minimum atomic E-state index is 0.683. The second kappa shape index (κ2) is 9.28. The predicted octanol–water partition coefficient (Wildman–Crippen LogP) is 3.10. The molecule has 110 valence electrons. The van der Waals surface area contributed by atoms with E-state index < -0.39 is 0 Å². The molecule has 20 heavy (non-hydrogen) atoms. The van der Waals surface area contributed by atoms with E-state index in [0.29, 0.717) is 6.54 Å². The van der Waals surface area contributed by atoms with Gasteiger partial charge in [0.1, 0.15) is 5.84 Å². The first-order valence-corrected chi connectivity index (χ1v) is 7.18. The fraction of sp³-hybridized carbons (Fsp3) is 0.438. The van der Waals surface area contributed by atoms with Crippen LogP contribution < -0.4 is 10.9 Å². The van der Waals surface area contributed by atoms with Crippen molar-refractivity contribution in [2.24, 2.45) is 4.99 Å². The zero-order valence-electron chi connectivity index (χ0n) is 12.7. The number of hydrogen-bond acceptors (Lipinski definition) is 4. The van der Waals surface area contributed by atoms with Crippen LogP contribution in [0, 0.1) is 0 Å². The molecule has 0 amide bonds. The number of nitrogens with zero attached hydrogens (tertiary/aromatic N) is 2. The lowest BCUT2D eigenvalue weighted by Gasteiger charge is -2.25. The molecule has 0 saturated heterocycles. The molecule has 1 aliphatic rings. The molecule has 1 aliphatic heterocycles. The number of hydrogen-bond donors (Lipinski definition) is 2. The zero-order chi connectivity index (χ0) is 14.8. The van der Waals surface area contributed by atoms with Crippen molar-refractivity contribution in [3.63, 3.8) is 0 Å². The molecule has 0 bridgehead atoms. The predicted molar refractivity (Wildman–Crippen MR) is 87.0 cm³/mol. The minimum Gasteiger partial charge on any atom is -0.241 e. The summed E-state index contributed by atoms with van der Waals surface area (Å²) >= 11 is 0. The quantitative estimate of drug-likeness (QED) is 0.731. The molecule has 0 spiro atoms. The van der Waals surface area contributed by atoms with E-state index in [9.17, 15) is 0 Å². The zero-order valence-corrected chi connectivity index (χ0v) is 12.7. The molecule has 0 fully saturated rings. The second-order valence-electron chi connectivity index (χ2n) is 4.73. The van der Waals surface area contributed by atoms with Crippen LogP contribution in [0.1, 0.15) is 33.1 Å². The topological polar surface area (TPSA) is 39.7 Å². The lowest BCUT2D eigenvalue weighted by Crippen LogP contribution is -2.51. The van der Waals surface area contributed by atoms with Crippen LogP contribution >= 0.6 is 0 Å². The van der Waals surface area contributed by atoms with Crippen LogP contribution in [0.15, 0.2) is 53.7 Å². The van der Waals surface area contributed by atoms with Gasteiger partial charge in [0.15, 0.2) is 0 Å². The molecule has 0 aliphatic carbocycles. The van der Waals surface area contributed by atoms with Gasteiger partial charge in [-0.15, -0.1) is 0 Å². The van der Waals surface area contributed by atoms with Gasteiger partial charge in [-0.2, -0.15) is 0 Å². The van der Waals surface area contributed by atoms with E-state index in [1.54, 1.807) is 12.3 Å². The van der Waals surface area contributed by atoms with Crippen molar-refractivity contribution >= 4 is 5.84 Å². The van der Waals surface area contributed by atoms with Crippen LogP contribution in [0.2, 0.25) is 0 Å². The standard InChI is InChI=1S/C16H26N4/c1-5-7-8-11-18-20-15(4)17-12-10-14(3)16(9-6-2)13-19-20/h6,9-10,12,18-19H,2-3,5,7-8,11,13H2,1,4H3/b12-10-,16-9+,17-15-. The lowest BCUT2D eigenvalue weighted by atomic mass is 10.1. The maximum absolute atomic E-state index is 4.39. The number of hydrazine groups is 2. The number of aliphatic imine (C=N–C) groups is 1. The third-order valence-corrected chi connectivity index (χ3v) is 3.07. The van der Waals surface area contributed by atoms with Crippen molar-refractivity contribution in [1.29, 1.82) is 0 Å². The van der Waals surface area contributed by atoms with Crippen LogP contribution in [0.3, 0.4) is 0 Å². The summed E-state index contributed by atoms with van der Waals surface area (Å²) in [7, 11) is 0. The van der Waals surface area contributed by atoms with E-state index in [1.807, 2.05) is 24.2 Å². The first-order valence-electron chi connectivity index (χ1n) is 7.18. The van der Waals surface area contributed by atoms with Gasteiger partial charge >= 0.3 is 0 Å². The molecule has 0 atom stereocenters. The maximum Gasteiger partial charge on any atom is 0.132 e. The Hall–Kier alpha value is -1.65. The van der Waals surface area contributed by atoms with Crippen LogP contribution in [-0.2, 0) is 0 Å². The fourth-order valence-electron chi connectivity index (χ4n) is 1.84. The third-order valence-electron chi connectivity index (χ3n) is 3.07. The highest BCUT2D eigenvalue weighted by Gasteiger charge is 2.09. The summed E-state index contributed by atoms with van der Waals surface area (Å²) in [6.07, 6.45) is 11.0. The summed E-state index contributed by atoms with van der Waals surface area (Å²) in [5.74, 6) is 0.880. The van der Waals surface area contributed by atoms with Crippen LogP contribution in [0.5, 0.6) is 0 Å². The number of unbranched alkanes of at least 4 members (excludes halogenated alkanes) is 2. The summed E-state index contributed by atoms with van der Waals surface area (Å²) in [5, 5.41) is 1.88. The van der Waals surface area contributed by atoms with Gasteiger partial charge in [0, 0.05) is 19.3 Å². The van der Waals surface area contributed by atoms with Gasteiger partial charge in [-0.25, -0.2) is 21.0 Å². The number of rotatable bonds is 6. The van der Waals surface area contributed by atoms with Crippen molar-refractivity contribution in [3.8, 4) is 0 Å². The van der Waals surface area contributed by atoms with Crippen LogP contribution in [-0.4, -0.2) is 24.0 Å². The normalized spacial score (nSPS) is 22.7. The molecule has 1 rings (SSSR count). The van der Waals surface area contributed by atoms with Gasteiger partial charge < -0.3 is 0 Å². The van der Waals surface area contributed by atoms with Gasteiger partial charge in [0.05, 0.1) is 0 Å². The molecular formula is C16H26N4. The van der Waals surface area contributed by atoms with Gasteiger partial charge in [-0.05, 0) is 30.6 Å². The summed E-state index contributed by atoms with van der Waals surface area (Å²) in [6.45, 7) is 13.6. The van der Waals surface area contributed by atoms with E-state index in [1.165, 1.54) is 12.8 Å². The van der Waals surface area contributed by atoms with Crippen LogP contribution in [0.4, 0.5) is 0 Å². The Morgan fingerprint density at radius 3 is 3.00 bits per heavy atom. The van der Waals surface area contributed by atoms with Crippen molar-refractivity contribution in [2.45, 2.75) is 33.1 Å². The third kappa shape index (κ3) is 5.55. The van der Waals surface area contributed by atoms with E-state index >= 15 is 0 Å². The SMILES string of the molecule is C=C/C=C1\CNN(NCCCCC)/C(C)=N\C=C/C1=C. The molecule has 2 N–H and O–H groups in total. The Bertz CT molecular complexity index is 418. The van der Waals surface area contributed by atoms with Gasteiger partial charge in [-0.3, -0.25) is 0 Å². The van der Waals surface area contributed by atoms with Crippen molar-refractivity contribution < 1.29 is 0 Å². The van der Waals surface area contributed by atoms with Crippen molar-refractivity contribution in [3.05, 3.63) is 48.7 Å². The Morgan fingerprint density at radius 2 is 2.30 bits per heavy atom. The molecule has 0 saturated carbocycles. The van der Waals surface area contributed by atoms with Crippen molar-refractivity contribution in [2.75, 3.05) is 13.1 Å². The Labute approximate surface area is 122 Å². The van der Waals surface area contributed by atoms with E-state index in [2.05, 4.69) is 35.9 Å². The highest BCUT2D eigenvalue weighted by Crippen LogP contribution is 2.10. The first kappa shape index (κ1) is 16.4. The van der Waals surface area contributed by atoms with E-state index in [-0.39, 0.29) is 0 Å². The summed E-state index contributed by atoms with van der Waals surface area (Å²) in [5.41, 5.74) is 8.73. The largest absolute Gasteiger partial charge is 0.241 e. The molecule has 1 heterocycles. The smallest absolute Gasteiger partial charge is 0.132 e. The van der Waals surface area contributed by atoms with Crippen LogP contribution in [0.25, 0.3) is 0 Å². The lowest BCUT2D eigenvalue weighted by molar-refractivity contribution is 0.225. The first-order chi connectivity index (χ1) is 9.69. The summed E-state index contributed by atoms with van der Waals surface area (Å²) in [6, 6.07) is 0. The Balaban J connectivity index is 2.68. The Kier molecular flexibility index (Phi) is 7.62. The fourth-order valence-corrected chi connectivity index (χ4v) is 1.84. The molecule has 0 aromatic carbocycles. The molecule has 0 unspecified atom stereocenters. The highest BCUT2D eigenvalue weighted by atomic mass is 15.7. The minimum absolute atomic E-state index is 0.683. The molecule has 0 aromatic rings. The number of allylic oxidation sites excluding steroid dienone is 3. The molecule has 4 nitrogen and oxygen atoms in total. The maximum atomic E-state index is 4.39. The van der Waals surface area contributed by atoms with Crippen molar-refractivity contribution in [1.82, 2.24) is 16.0 Å². The molecule has 0 radical (unpaired) electrons. The van der Waals surface area contributed by atoms with Gasteiger partial charge in [-0.1, -0.05) is 45.1 Å². The van der Waals surface area contributed by atoms with Gasteiger partial charge in [0.25, 0.3) is 0 Å². The number of amidine groups is 1. The van der Waals surface area contributed by atoms with Gasteiger partial charge in [0.2, 0.25) is 0 Å². The summed E-state index contributed by atoms with van der Waals surface area (Å²) < 4.78 is 0. The number of nitrogens with one attached hydrogen (secondary N) is 2. The summed E-state index contributed by atoms with van der Waals surface area (Å²) in [4.78, 5) is 4.39. The average Bonchev–Trinajstić information content (AvgIpc) is 2.49. The molecule has 0 aromatic heterocycles. The molecule has 4 heteroatoms. The highest BCUT2D eigenvalue weighted by molar-refractivity contribution is 5.79. The molecular weight excluding hydrogens is 248 g/mol. The Morgan fingerprint density at radius 1 is 1.50 bits per heavy atom. The average molecular weight is 274 g/mol. The monoisotopic (exact) mass is 274 g/mol. The van der Waals surface area contributed by atoms with E-state index in [4.69, 9.17) is 0 Å². The van der Waals surface area contributed by atoms with E-state index in [0.717, 1.165) is 29.9 Å².